The van der Waals surface area contributed by atoms with Crippen LogP contribution in [0.4, 0.5) is 5.69 Å². The van der Waals surface area contributed by atoms with Gasteiger partial charge in [-0.2, -0.15) is 0 Å². The van der Waals surface area contributed by atoms with E-state index in [9.17, 15) is 9.90 Å². The number of benzene rings is 2. The molecule has 1 aromatic heterocycles. The van der Waals surface area contributed by atoms with E-state index in [1.54, 1.807) is 18.3 Å². The topological polar surface area (TPSA) is 75.1 Å². The van der Waals surface area contributed by atoms with Gasteiger partial charge in [-0.25, -0.2) is 9.97 Å². The predicted octanol–water partition coefficient (Wildman–Crippen LogP) is 5.14. The highest BCUT2D eigenvalue weighted by atomic mass is 79.9. The van der Waals surface area contributed by atoms with Crippen LogP contribution >= 0.6 is 39.3 Å². The Balaban J connectivity index is 1.72. The summed E-state index contributed by atoms with van der Waals surface area (Å²) in [6.07, 6.45) is 1.55. The quantitative estimate of drug-likeness (QED) is 0.416. The van der Waals surface area contributed by atoms with Crippen LogP contribution in [-0.4, -0.2) is 21.0 Å². The molecule has 0 saturated heterocycles. The third-order valence-electron chi connectivity index (χ3n) is 3.32. The van der Waals surface area contributed by atoms with Gasteiger partial charge in [0, 0.05) is 28.7 Å². The lowest BCUT2D eigenvalue weighted by molar-refractivity contribution is 0.102. The smallest absolute Gasteiger partial charge is 0.275 e. The number of phenols is 1. The van der Waals surface area contributed by atoms with Crippen LogP contribution in [0.2, 0.25) is 5.02 Å². The first-order valence-electron chi connectivity index (χ1n) is 7.51. The molecule has 0 atom stereocenters. The van der Waals surface area contributed by atoms with E-state index in [1.165, 1.54) is 23.9 Å². The highest BCUT2D eigenvalue weighted by Gasteiger charge is 2.15. The molecule has 0 unspecified atom stereocenters. The monoisotopic (exact) mass is 449 g/mol. The Hall–Kier alpha value is -2.09. The normalized spacial score (nSPS) is 10.5. The third-order valence-corrected chi connectivity index (χ3v) is 5.09. The Morgan fingerprint density at radius 3 is 2.73 bits per heavy atom. The fraction of sp³-hybridized carbons (Fsp3) is 0.0556. The van der Waals surface area contributed by atoms with E-state index >= 15 is 0 Å². The second-order valence-electron chi connectivity index (χ2n) is 5.27. The van der Waals surface area contributed by atoms with Crippen LogP contribution in [0.15, 0.2) is 64.4 Å². The van der Waals surface area contributed by atoms with Crippen molar-refractivity contribution in [1.29, 1.82) is 0 Å². The molecule has 0 saturated carbocycles. The van der Waals surface area contributed by atoms with Crippen molar-refractivity contribution < 1.29 is 9.90 Å². The van der Waals surface area contributed by atoms with E-state index < -0.39 is 5.91 Å². The summed E-state index contributed by atoms with van der Waals surface area (Å²) in [6.45, 7) is 0. The number of phenolic OH excluding ortho intramolecular Hbond substituents is 1. The molecule has 0 aliphatic rings. The number of amides is 1. The van der Waals surface area contributed by atoms with Crippen molar-refractivity contribution in [2.45, 2.75) is 10.9 Å². The number of nitrogens with zero attached hydrogens (tertiary/aromatic N) is 2. The van der Waals surface area contributed by atoms with E-state index in [0.29, 0.717) is 26.1 Å². The van der Waals surface area contributed by atoms with Crippen molar-refractivity contribution in [3.8, 4) is 5.75 Å². The van der Waals surface area contributed by atoms with Crippen molar-refractivity contribution in [3.05, 3.63) is 75.5 Å². The molecule has 0 radical (unpaired) electrons. The van der Waals surface area contributed by atoms with Crippen LogP contribution in [0.25, 0.3) is 0 Å². The summed E-state index contributed by atoms with van der Waals surface area (Å²) in [5.41, 5.74) is 1.79. The number of nitrogens with one attached hydrogen (secondary N) is 1. The minimum absolute atomic E-state index is 0.0729. The maximum atomic E-state index is 12.5. The van der Waals surface area contributed by atoms with Gasteiger partial charge in [0.05, 0.1) is 4.47 Å². The maximum Gasteiger partial charge on any atom is 0.275 e. The van der Waals surface area contributed by atoms with Gasteiger partial charge in [0.1, 0.15) is 11.4 Å². The molecular formula is C18H13BrClN3O2S. The second kappa shape index (κ2) is 8.53. The van der Waals surface area contributed by atoms with Crippen molar-refractivity contribution in [2.24, 2.45) is 0 Å². The molecule has 3 rings (SSSR count). The van der Waals surface area contributed by atoms with Crippen LogP contribution < -0.4 is 5.32 Å². The van der Waals surface area contributed by atoms with Gasteiger partial charge in [-0.05, 0) is 45.8 Å². The van der Waals surface area contributed by atoms with Gasteiger partial charge in [-0.1, -0.05) is 41.6 Å². The number of aromatic nitrogens is 2. The Morgan fingerprint density at radius 1 is 1.23 bits per heavy atom. The van der Waals surface area contributed by atoms with Gasteiger partial charge < -0.3 is 10.4 Å². The molecule has 0 fully saturated rings. The molecule has 5 nitrogen and oxygen atoms in total. The highest BCUT2D eigenvalue weighted by molar-refractivity contribution is 9.10. The summed E-state index contributed by atoms with van der Waals surface area (Å²) in [5, 5.41) is 13.4. The van der Waals surface area contributed by atoms with Crippen molar-refractivity contribution in [1.82, 2.24) is 9.97 Å². The Bertz CT molecular complexity index is 938. The Labute approximate surface area is 168 Å². The van der Waals surface area contributed by atoms with Gasteiger partial charge in [-0.15, -0.1) is 0 Å². The van der Waals surface area contributed by atoms with Crippen LogP contribution in [-0.2, 0) is 5.75 Å². The van der Waals surface area contributed by atoms with Gasteiger partial charge in [0.15, 0.2) is 5.16 Å². The summed E-state index contributed by atoms with van der Waals surface area (Å²) < 4.78 is 0.492. The zero-order valence-corrected chi connectivity index (χ0v) is 16.5. The average molecular weight is 451 g/mol. The number of anilines is 1. The summed E-state index contributed by atoms with van der Waals surface area (Å²) in [7, 11) is 0. The minimum Gasteiger partial charge on any atom is -0.508 e. The third kappa shape index (κ3) is 4.97. The minimum atomic E-state index is -0.391. The standard InChI is InChI=1S/C18H13BrClN3O2S/c19-15-9-21-18(26-10-11-4-6-12(20)7-5-11)23-16(15)17(25)22-13-2-1-3-14(24)8-13/h1-9,24H,10H2,(H,22,25). The van der Waals surface area contributed by atoms with E-state index in [2.05, 4.69) is 31.2 Å². The first kappa shape index (κ1) is 18.7. The van der Waals surface area contributed by atoms with Crippen molar-refractivity contribution in [3.63, 3.8) is 0 Å². The molecule has 2 N–H and O–H groups in total. The first-order valence-corrected chi connectivity index (χ1v) is 9.67. The van der Waals surface area contributed by atoms with E-state index in [0.717, 1.165) is 5.56 Å². The number of carbonyl (C=O) groups excluding carboxylic acids is 1. The molecule has 0 bridgehead atoms. The summed E-state index contributed by atoms with van der Waals surface area (Å²) >= 11 is 10.6. The summed E-state index contributed by atoms with van der Waals surface area (Å²) in [4.78, 5) is 21.0. The zero-order chi connectivity index (χ0) is 18.5. The van der Waals surface area contributed by atoms with E-state index in [-0.39, 0.29) is 11.4 Å². The predicted molar refractivity (Wildman–Crippen MR) is 107 cm³/mol. The SMILES string of the molecule is O=C(Nc1cccc(O)c1)c1nc(SCc2ccc(Cl)cc2)ncc1Br. The number of thioether (sulfide) groups is 1. The molecule has 2 aromatic carbocycles. The van der Waals surface area contributed by atoms with Crippen molar-refractivity contribution >= 4 is 50.9 Å². The molecule has 8 heteroatoms. The van der Waals surface area contributed by atoms with Gasteiger partial charge in [0.25, 0.3) is 5.91 Å². The van der Waals surface area contributed by atoms with Crippen LogP contribution in [0.3, 0.4) is 0 Å². The molecule has 0 spiro atoms. The fourth-order valence-corrected chi connectivity index (χ4v) is 3.35. The molecule has 1 amide bonds. The van der Waals surface area contributed by atoms with Crippen LogP contribution in [0.5, 0.6) is 5.75 Å². The Kier molecular flexibility index (Phi) is 6.13. The molecule has 0 aliphatic heterocycles. The average Bonchev–Trinajstić information content (AvgIpc) is 2.62. The fourth-order valence-electron chi connectivity index (χ4n) is 2.08. The van der Waals surface area contributed by atoms with E-state index in [1.807, 2.05) is 24.3 Å². The number of carbonyl (C=O) groups is 1. The van der Waals surface area contributed by atoms with Crippen LogP contribution in [0.1, 0.15) is 16.1 Å². The molecule has 1 heterocycles. The number of halogens is 2. The Morgan fingerprint density at radius 2 is 2.00 bits per heavy atom. The highest BCUT2D eigenvalue weighted by Crippen LogP contribution is 2.24. The van der Waals surface area contributed by atoms with E-state index in [4.69, 9.17) is 11.6 Å². The van der Waals surface area contributed by atoms with Gasteiger partial charge in [-0.3, -0.25) is 4.79 Å². The van der Waals surface area contributed by atoms with Crippen molar-refractivity contribution in [2.75, 3.05) is 5.32 Å². The van der Waals surface area contributed by atoms with Gasteiger partial charge >= 0.3 is 0 Å². The number of aromatic hydroxyl groups is 1. The first-order chi connectivity index (χ1) is 12.5. The summed E-state index contributed by atoms with van der Waals surface area (Å²) in [6, 6.07) is 13.8. The number of hydrogen-bond donors (Lipinski definition) is 2. The number of rotatable bonds is 5. The van der Waals surface area contributed by atoms with Crippen LogP contribution in [0, 0.1) is 0 Å². The lowest BCUT2D eigenvalue weighted by Crippen LogP contribution is -2.15. The molecule has 3 aromatic rings. The lowest BCUT2D eigenvalue weighted by Gasteiger charge is -2.08. The largest absolute Gasteiger partial charge is 0.508 e. The van der Waals surface area contributed by atoms with Gasteiger partial charge in [0.2, 0.25) is 0 Å². The molecular weight excluding hydrogens is 438 g/mol. The molecule has 132 valence electrons. The number of hydrogen-bond acceptors (Lipinski definition) is 5. The maximum absolute atomic E-state index is 12.5. The lowest BCUT2D eigenvalue weighted by atomic mass is 10.2. The second-order valence-corrected chi connectivity index (χ2v) is 7.50. The summed E-state index contributed by atoms with van der Waals surface area (Å²) in [5.74, 6) is 0.342. The zero-order valence-electron chi connectivity index (χ0n) is 13.3. The molecule has 0 aliphatic carbocycles. The molecule has 26 heavy (non-hydrogen) atoms.